The van der Waals surface area contributed by atoms with Crippen LogP contribution in [0.3, 0.4) is 0 Å². The van der Waals surface area contributed by atoms with Crippen LogP contribution in [0.5, 0.6) is 0 Å². The van der Waals surface area contributed by atoms with Crippen molar-refractivity contribution in [2.75, 3.05) is 32.6 Å². The van der Waals surface area contributed by atoms with Gasteiger partial charge in [-0.25, -0.2) is 8.42 Å². The number of hydrogen-bond donors (Lipinski definition) is 1. The van der Waals surface area contributed by atoms with E-state index in [4.69, 9.17) is 10.5 Å². The fourth-order valence-electron chi connectivity index (χ4n) is 2.51. The number of benzene rings is 1. The molecule has 0 aliphatic carbocycles. The Bertz CT molecular complexity index is 530. The molecule has 5 nitrogen and oxygen atoms in total. The fraction of sp³-hybridized carbons (Fsp3) is 0.538. The molecule has 6 heteroatoms. The zero-order chi connectivity index (χ0) is 13.9. The highest BCUT2D eigenvalue weighted by atomic mass is 32.2. The maximum atomic E-state index is 12.3. The van der Waals surface area contributed by atoms with Gasteiger partial charge in [-0.05, 0) is 17.5 Å². The summed E-state index contributed by atoms with van der Waals surface area (Å²) in [5, 5.41) is 0. The Morgan fingerprint density at radius 1 is 1.42 bits per heavy atom. The Labute approximate surface area is 114 Å². The zero-order valence-electron chi connectivity index (χ0n) is 11.1. The van der Waals surface area contributed by atoms with Crippen molar-refractivity contribution in [2.45, 2.75) is 12.5 Å². The highest BCUT2D eigenvalue weighted by Crippen LogP contribution is 2.31. The lowest BCUT2D eigenvalue weighted by Crippen LogP contribution is -2.44. The lowest BCUT2D eigenvalue weighted by atomic mass is 9.94. The summed E-state index contributed by atoms with van der Waals surface area (Å²) in [6.07, 6.45) is 0.735. The molecule has 0 bridgehead atoms. The summed E-state index contributed by atoms with van der Waals surface area (Å²) in [6.45, 7) is 0.992. The van der Waals surface area contributed by atoms with E-state index < -0.39 is 10.0 Å². The van der Waals surface area contributed by atoms with Crippen molar-refractivity contribution < 1.29 is 13.2 Å². The minimum Gasteiger partial charge on any atom is -0.384 e. The molecule has 0 spiro atoms. The van der Waals surface area contributed by atoms with Crippen molar-refractivity contribution in [1.82, 2.24) is 4.31 Å². The van der Waals surface area contributed by atoms with Crippen molar-refractivity contribution in [3.63, 3.8) is 0 Å². The Morgan fingerprint density at radius 3 is 2.84 bits per heavy atom. The van der Waals surface area contributed by atoms with E-state index in [-0.39, 0.29) is 18.4 Å². The van der Waals surface area contributed by atoms with Crippen LogP contribution in [0, 0.1) is 0 Å². The van der Waals surface area contributed by atoms with E-state index in [1.807, 2.05) is 24.3 Å². The van der Waals surface area contributed by atoms with Gasteiger partial charge in [-0.1, -0.05) is 24.3 Å². The van der Waals surface area contributed by atoms with Crippen LogP contribution < -0.4 is 5.73 Å². The highest BCUT2D eigenvalue weighted by Gasteiger charge is 2.33. The number of sulfonamides is 1. The molecule has 19 heavy (non-hydrogen) atoms. The molecule has 1 atom stereocenters. The lowest BCUT2D eigenvalue weighted by Gasteiger charge is -2.35. The van der Waals surface area contributed by atoms with Crippen molar-refractivity contribution >= 4 is 10.0 Å². The first-order valence-corrected chi connectivity index (χ1v) is 7.97. The normalized spacial score (nSPS) is 20.2. The van der Waals surface area contributed by atoms with Gasteiger partial charge in [0.2, 0.25) is 10.0 Å². The third kappa shape index (κ3) is 2.97. The number of nitrogens with two attached hydrogens (primary N) is 1. The number of rotatable bonds is 5. The molecule has 0 amide bonds. The molecule has 2 N–H and O–H groups in total. The molecule has 106 valence electrons. The molecule has 1 aromatic carbocycles. The monoisotopic (exact) mass is 284 g/mol. The van der Waals surface area contributed by atoms with Crippen LogP contribution >= 0.6 is 0 Å². The lowest BCUT2D eigenvalue weighted by molar-refractivity contribution is 0.213. The summed E-state index contributed by atoms with van der Waals surface area (Å²) in [4.78, 5) is 0. The predicted molar refractivity (Wildman–Crippen MR) is 74.3 cm³/mol. The minimum absolute atomic E-state index is 0.00215. The summed E-state index contributed by atoms with van der Waals surface area (Å²) in [7, 11) is -1.82. The summed E-state index contributed by atoms with van der Waals surface area (Å²) in [6, 6.07) is 7.64. The van der Waals surface area contributed by atoms with E-state index >= 15 is 0 Å². The molecule has 1 aliphatic heterocycles. The van der Waals surface area contributed by atoms with Crippen molar-refractivity contribution in [1.29, 1.82) is 0 Å². The predicted octanol–water partition coefficient (Wildman–Crippen LogP) is 0.521. The Morgan fingerprint density at radius 2 is 2.16 bits per heavy atom. The average Bonchev–Trinajstić information content (AvgIpc) is 2.43. The summed E-state index contributed by atoms with van der Waals surface area (Å²) in [5.41, 5.74) is 8.01. The molecule has 0 aromatic heterocycles. The Kier molecular flexibility index (Phi) is 4.57. The highest BCUT2D eigenvalue weighted by molar-refractivity contribution is 7.89. The van der Waals surface area contributed by atoms with Crippen LogP contribution in [0.1, 0.15) is 17.2 Å². The number of ether oxygens (including phenoxy) is 1. The van der Waals surface area contributed by atoms with Crippen LogP contribution in [0.25, 0.3) is 0 Å². The smallest absolute Gasteiger partial charge is 0.216 e. The van der Waals surface area contributed by atoms with E-state index in [2.05, 4.69) is 0 Å². The molecule has 1 heterocycles. The van der Waals surface area contributed by atoms with Crippen LogP contribution in [0.15, 0.2) is 24.3 Å². The van der Waals surface area contributed by atoms with E-state index in [0.29, 0.717) is 13.1 Å². The number of methoxy groups -OCH3 is 1. The van der Waals surface area contributed by atoms with Crippen molar-refractivity contribution in [3.05, 3.63) is 35.4 Å². The van der Waals surface area contributed by atoms with Gasteiger partial charge in [0.25, 0.3) is 0 Å². The van der Waals surface area contributed by atoms with E-state index in [1.54, 1.807) is 0 Å². The van der Waals surface area contributed by atoms with Crippen LogP contribution in [0.2, 0.25) is 0 Å². The fourth-order valence-corrected chi connectivity index (χ4v) is 4.08. The summed E-state index contributed by atoms with van der Waals surface area (Å²) >= 11 is 0. The van der Waals surface area contributed by atoms with Gasteiger partial charge in [0.05, 0.1) is 18.4 Å². The SMILES string of the molecule is COCCS(=O)(=O)N1CCc2ccccc2C1CN. The zero-order valence-corrected chi connectivity index (χ0v) is 11.9. The van der Waals surface area contributed by atoms with Crippen molar-refractivity contribution in [3.8, 4) is 0 Å². The standard InChI is InChI=1S/C13H20N2O3S/c1-18-8-9-19(16,17)15-7-6-11-4-2-3-5-12(11)13(15)10-14/h2-5,13H,6-10,14H2,1H3. The Balaban J connectivity index is 2.29. The van der Waals surface area contributed by atoms with E-state index in [0.717, 1.165) is 12.0 Å². The van der Waals surface area contributed by atoms with Crippen molar-refractivity contribution in [2.24, 2.45) is 5.73 Å². The second-order valence-electron chi connectivity index (χ2n) is 4.62. The number of fused-ring (bicyclic) bond motifs is 1. The van der Waals surface area contributed by atoms with Gasteiger partial charge >= 0.3 is 0 Å². The average molecular weight is 284 g/mol. The third-order valence-corrected chi connectivity index (χ3v) is 5.32. The van der Waals surface area contributed by atoms with Gasteiger partial charge < -0.3 is 10.5 Å². The largest absolute Gasteiger partial charge is 0.384 e. The number of hydrogen-bond acceptors (Lipinski definition) is 4. The molecule has 1 unspecified atom stereocenters. The molecule has 0 fully saturated rings. The minimum atomic E-state index is -3.32. The molecule has 2 rings (SSSR count). The van der Waals surface area contributed by atoms with Crippen LogP contribution in [-0.2, 0) is 21.2 Å². The molecular weight excluding hydrogens is 264 g/mol. The second kappa shape index (κ2) is 6.00. The molecular formula is C13H20N2O3S. The van der Waals surface area contributed by atoms with Gasteiger partial charge in [0.1, 0.15) is 0 Å². The van der Waals surface area contributed by atoms with Gasteiger partial charge in [0.15, 0.2) is 0 Å². The molecule has 0 saturated heterocycles. The van der Waals surface area contributed by atoms with Crippen LogP contribution in [0.4, 0.5) is 0 Å². The van der Waals surface area contributed by atoms with E-state index in [9.17, 15) is 8.42 Å². The molecule has 1 aliphatic rings. The van der Waals surface area contributed by atoms with Gasteiger partial charge in [0, 0.05) is 20.2 Å². The second-order valence-corrected chi connectivity index (χ2v) is 6.66. The first-order chi connectivity index (χ1) is 9.10. The topological polar surface area (TPSA) is 72.6 Å². The van der Waals surface area contributed by atoms with Gasteiger partial charge in [-0.15, -0.1) is 0 Å². The maximum Gasteiger partial charge on any atom is 0.216 e. The summed E-state index contributed by atoms with van der Waals surface area (Å²) < 4.78 is 31.0. The first-order valence-electron chi connectivity index (χ1n) is 6.36. The molecule has 1 aromatic rings. The summed E-state index contributed by atoms with van der Waals surface area (Å²) in [5.74, 6) is 0.00215. The van der Waals surface area contributed by atoms with Gasteiger partial charge in [-0.2, -0.15) is 4.31 Å². The third-order valence-electron chi connectivity index (χ3n) is 3.49. The van der Waals surface area contributed by atoms with Crippen LogP contribution in [-0.4, -0.2) is 45.3 Å². The quantitative estimate of drug-likeness (QED) is 0.855. The van der Waals surface area contributed by atoms with E-state index in [1.165, 1.54) is 17.0 Å². The maximum absolute atomic E-state index is 12.3. The molecule has 0 radical (unpaired) electrons. The number of nitrogens with zero attached hydrogens (tertiary/aromatic N) is 1. The van der Waals surface area contributed by atoms with Gasteiger partial charge in [-0.3, -0.25) is 0 Å². The Hall–Kier alpha value is -0.950. The first kappa shape index (κ1) is 14.5. The molecule has 0 saturated carbocycles.